The minimum Gasteiger partial charge on any atom is -0.406 e. The molecular weight excluding hydrogens is 399 g/mol. The summed E-state index contributed by atoms with van der Waals surface area (Å²) in [7, 11) is 1.90. The topological polar surface area (TPSA) is 52.5 Å². The van der Waals surface area contributed by atoms with Crippen LogP contribution in [0.5, 0.6) is 5.75 Å². The number of halogens is 4. The summed E-state index contributed by atoms with van der Waals surface area (Å²) < 4.78 is 43.3. The molecule has 2 aromatic carbocycles. The van der Waals surface area contributed by atoms with E-state index in [0.717, 1.165) is 15.4 Å². The fourth-order valence-corrected chi connectivity index (χ4v) is 2.80. The second-order valence-electron chi connectivity index (χ2n) is 5.36. The van der Waals surface area contributed by atoms with Crippen molar-refractivity contribution in [2.24, 2.45) is 17.8 Å². The fourth-order valence-electron chi connectivity index (χ4n) is 2.45. The lowest BCUT2D eigenvalue weighted by Gasteiger charge is -2.09. The van der Waals surface area contributed by atoms with Crippen LogP contribution in [0.2, 0.25) is 0 Å². The van der Waals surface area contributed by atoms with Crippen LogP contribution in [0.3, 0.4) is 0 Å². The molecule has 0 aliphatic heterocycles. The molecule has 0 bridgehead atoms. The molecule has 25 heavy (non-hydrogen) atoms. The highest BCUT2D eigenvalue weighted by Crippen LogP contribution is 2.30. The maximum absolute atomic E-state index is 12.2. The molecule has 0 radical (unpaired) electrons. The van der Waals surface area contributed by atoms with E-state index in [-0.39, 0.29) is 11.6 Å². The Bertz CT molecular complexity index is 946. The molecule has 3 rings (SSSR count). The number of alkyl halides is 3. The van der Waals surface area contributed by atoms with Gasteiger partial charge in [-0.15, -0.1) is 13.2 Å². The number of benzene rings is 2. The summed E-state index contributed by atoms with van der Waals surface area (Å²) in [4.78, 5) is 4.41. The summed E-state index contributed by atoms with van der Waals surface area (Å²) in [5.41, 5.74) is 8.17. The molecule has 0 unspecified atom stereocenters. The van der Waals surface area contributed by atoms with Crippen molar-refractivity contribution in [3.63, 3.8) is 0 Å². The highest BCUT2D eigenvalue weighted by molar-refractivity contribution is 9.10. The molecule has 2 N–H and O–H groups in total. The fraction of sp³-hybridized carbons (Fsp3) is 0.118. The molecule has 0 amide bonds. The minimum atomic E-state index is -4.72. The van der Waals surface area contributed by atoms with Crippen molar-refractivity contribution in [1.29, 1.82) is 0 Å². The van der Waals surface area contributed by atoms with Gasteiger partial charge in [0.15, 0.2) is 0 Å². The number of aliphatic imine (C=N–C) groups is 1. The zero-order chi connectivity index (χ0) is 18.2. The first-order valence-corrected chi connectivity index (χ1v) is 7.97. The van der Waals surface area contributed by atoms with E-state index >= 15 is 0 Å². The van der Waals surface area contributed by atoms with Crippen LogP contribution in [0, 0.1) is 0 Å². The van der Waals surface area contributed by atoms with E-state index in [2.05, 4.69) is 25.7 Å². The van der Waals surface area contributed by atoms with Crippen LogP contribution in [0.4, 0.5) is 18.9 Å². The number of nitrogens with zero attached hydrogens (tertiary/aromatic N) is 2. The van der Waals surface area contributed by atoms with Gasteiger partial charge in [0.1, 0.15) is 11.6 Å². The minimum absolute atomic E-state index is 0.203. The molecule has 0 fully saturated rings. The highest BCUT2D eigenvalue weighted by Gasteiger charge is 2.30. The molecule has 0 saturated heterocycles. The molecule has 8 heteroatoms. The van der Waals surface area contributed by atoms with Gasteiger partial charge in [-0.25, -0.2) is 4.99 Å². The predicted octanol–water partition coefficient (Wildman–Crippen LogP) is 4.88. The molecule has 0 atom stereocenters. The monoisotopic (exact) mass is 411 g/mol. The Hall–Kier alpha value is -2.48. The van der Waals surface area contributed by atoms with Gasteiger partial charge in [-0.2, -0.15) is 0 Å². The second-order valence-corrected chi connectivity index (χ2v) is 6.27. The Morgan fingerprint density at radius 2 is 1.84 bits per heavy atom. The molecule has 4 nitrogen and oxygen atoms in total. The number of aromatic nitrogens is 1. The van der Waals surface area contributed by atoms with Gasteiger partial charge < -0.3 is 15.0 Å². The average molecular weight is 412 g/mol. The molecule has 0 aliphatic rings. The lowest BCUT2D eigenvalue weighted by molar-refractivity contribution is -0.274. The zero-order valence-electron chi connectivity index (χ0n) is 13.0. The third-order valence-electron chi connectivity index (χ3n) is 3.56. The SMILES string of the molecule is Cn1cc(N=C(N)c2ccc(OC(F)(F)F)cc2)c2ccc(Br)cc21. The maximum atomic E-state index is 12.2. The van der Waals surface area contributed by atoms with E-state index in [1.807, 2.05) is 36.0 Å². The van der Waals surface area contributed by atoms with Gasteiger partial charge in [0.2, 0.25) is 0 Å². The van der Waals surface area contributed by atoms with Gasteiger partial charge in [-0.05, 0) is 42.5 Å². The Labute approximate surface area is 149 Å². The number of nitrogens with two attached hydrogens (primary N) is 1. The molecule has 130 valence electrons. The Kier molecular flexibility index (Phi) is 4.47. The highest BCUT2D eigenvalue weighted by atomic mass is 79.9. The van der Waals surface area contributed by atoms with Crippen LogP contribution < -0.4 is 10.5 Å². The summed E-state index contributed by atoms with van der Waals surface area (Å²) in [6.07, 6.45) is -2.89. The average Bonchev–Trinajstić information content (AvgIpc) is 2.82. The largest absolute Gasteiger partial charge is 0.573 e. The van der Waals surface area contributed by atoms with Crippen molar-refractivity contribution >= 4 is 38.4 Å². The van der Waals surface area contributed by atoms with E-state index in [1.165, 1.54) is 24.3 Å². The van der Waals surface area contributed by atoms with E-state index in [9.17, 15) is 13.2 Å². The maximum Gasteiger partial charge on any atom is 0.573 e. The van der Waals surface area contributed by atoms with Crippen LogP contribution in [-0.4, -0.2) is 16.8 Å². The summed E-state index contributed by atoms with van der Waals surface area (Å²) in [5.74, 6) is -0.104. The molecule has 1 heterocycles. The van der Waals surface area contributed by atoms with Crippen molar-refractivity contribution in [3.8, 4) is 5.75 Å². The zero-order valence-corrected chi connectivity index (χ0v) is 14.6. The Morgan fingerprint density at radius 1 is 1.16 bits per heavy atom. The van der Waals surface area contributed by atoms with Crippen molar-refractivity contribution in [2.75, 3.05) is 0 Å². The molecule has 1 aromatic heterocycles. The predicted molar refractivity (Wildman–Crippen MR) is 94.1 cm³/mol. The molecule has 0 saturated carbocycles. The van der Waals surface area contributed by atoms with E-state index in [4.69, 9.17) is 5.73 Å². The molecule has 0 spiro atoms. The lowest BCUT2D eigenvalue weighted by atomic mass is 10.2. The summed E-state index contributed by atoms with van der Waals surface area (Å²) >= 11 is 3.43. The number of amidine groups is 1. The van der Waals surface area contributed by atoms with Gasteiger partial charge in [0, 0.05) is 28.7 Å². The standard InChI is InChI=1S/C17H13BrF3N3O/c1-24-9-14(13-7-4-11(18)8-15(13)24)23-16(22)10-2-5-12(6-3-10)25-17(19,20)21/h2-9H,1H3,(H2,22,23). The summed E-state index contributed by atoms with van der Waals surface area (Å²) in [6.45, 7) is 0. The van der Waals surface area contributed by atoms with E-state index < -0.39 is 6.36 Å². The van der Waals surface area contributed by atoms with Crippen LogP contribution in [0.15, 0.2) is 58.1 Å². The van der Waals surface area contributed by atoms with Crippen LogP contribution in [-0.2, 0) is 7.05 Å². The van der Waals surface area contributed by atoms with E-state index in [1.54, 1.807) is 0 Å². The van der Waals surface area contributed by atoms with Crippen LogP contribution >= 0.6 is 15.9 Å². The Balaban J connectivity index is 1.92. The van der Waals surface area contributed by atoms with Crippen molar-refractivity contribution < 1.29 is 17.9 Å². The van der Waals surface area contributed by atoms with E-state index in [0.29, 0.717) is 11.3 Å². The van der Waals surface area contributed by atoms with Crippen molar-refractivity contribution in [3.05, 3.63) is 58.7 Å². The second kappa shape index (κ2) is 6.44. The quantitative estimate of drug-likeness (QED) is 0.493. The smallest absolute Gasteiger partial charge is 0.406 e. The number of rotatable bonds is 3. The van der Waals surface area contributed by atoms with Crippen LogP contribution in [0.1, 0.15) is 5.56 Å². The third-order valence-corrected chi connectivity index (χ3v) is 4.05. The number of ether oxygens (including phenoxy) is 1. The van der Waals surface area contributed by atoms with Crippen molar-refractivity contribution in [1.82, 2.24) is 4.57 Å². The number of hydrogen-bond donors (Lipinski definition) is 1. The number of aryl methyl sites for hydroxylation is 1. The molecule has 0 aliphatic carbocycles. The van der Waals surface area contributed by atoms with Gasteiger partial charge >= 0.3 is 6.36 Å². The van der Waals surface area contributed by atoms with Gasteiger partial charge in [0.25, 0.3) is 0 Å². The molecule has 3 aromatic rings. The van der Waals surface area contributed by atoms with Gasteiger partial charge in [-0.1, -0.05) is 15.9 Å². The molecular formula is C17H13BrF3N3O. The van der Waals surface area contributed by atoms with Crippen molar-refractivity contribution in [2.45, 2.75) is 6.36 Å². The first kappa shape index (κ1) is 17.3. The summed E-state index contributed by atoms with van der Waals surface area (Å²) in [5, 5.41) is 0.922. The lowest BCUT2D eigenvalue weighted by Crippen LogP contribution is -2.17. The Morgan fingerprint density at radius 3 is 2.48 bits per heavy atom. The first-order chi connectivity index (χ1) is 11.7. The number of fused-ring (bicyclic) bond motifs is 1. The summed E-state index contributed by atoms with van der Waals surface area (Å²) in [6, 6.07) is 11.1. The third kappa shape index (κ3) is 3.96. The van der Waals surface area contributed by atoms with Gasteiger partial charge in [-0.3, -0.25) is 0 Å². The normalized spacial score (nSPS) is 12.6. The van der Waals surface area contributed by atoms with Gasteiger partial charge in [0.05, 0.1) is 11.2 Å². The van der Waals surface area contributed by atoms with Crippen LogP contribution in [0.25, 0.3) is 10.9 Å². The number of hydrogen-bond acceptors (Lipinski definition) is 2. The first-order valence-electron chi connectivity index (χ1n) is 7.18.